The Morgan fingerprint density at radius 2 is 2.03 bits per heavy atom. The fourth-order valence-electron chi connectivity index (χ4n) is 3.00. The van der Waals surface area contributed by atoms with Gasteiger partial charge < -0.3 is 5.32 Å². The molecule has 8 nitrogen and oxygen atoms in total. The number of aromatic nitrogens is 6. The number of H-pyrrole nitrogens is 1. The lowest BCUT2D eigenvalue weighted by Crippen LogP contribution is -2.31. The Bertz CT molecular complexity index is 1190. The maximum Gasteiger partial charge on any atom is 0.231 e. The third-order valence-corrected chi connectivity index (χ3v) is 5.94. The number of benzene rings is 2. The average Bonchev–Trinajstić information content (AvgIpc) is 3.42. The van der Waals surface area contributed by atoms with Crippen LogP contribution >= 0.6 is 23.4 Å². The van der Waals surface area contributed by atoms with Crippen LogP contribution in [0.15, 0.2) is 60.0 Å². The second-order valence-corrected chi connectivity index (χ2v) is 8.25. The molecule has 0 fully saturated rings. The van der Waals surface area contributed by atoms with Crippen LogP contribution in [0.2, 0.25) is 5.02 Å². The lowest BCUT2D eigenvalue weighted by Gasteiger charge is -2.16. The van der Waals surface area contributed by atoms with Gasteiger partial charge in [-0.25, -0.2) is 4.98 Å². The summed E-state index contributed by atoms with van der Waals surface area (Å²) >= 11 is 7.54. The normalized spacial score (nSPS) is 12.0. The van der Waals surface area contributed by atoms with Gasteiger partial charge in [0, 0.05) is 5.02 Å². The molecule has 0 radical (unpaired) electrons. The average molecular weight is 454 g/mol. The standard InChI is InChI=1S/C21H20ClN7OS/c1-13-8-9-16(10-17(13)22)29-12-23-28-21(29)31-11-18(30)25-19(15-6-4-3-5-7-15)20-24-14(2)26-27-20/h3-10,12,19H,11H2,1-2H3,(H,25,30)(H,24,26,27). The molecule has 2 N–H and O–H groups in total. The molecule has 31 heavy (non-hydrogen) atoms. The van der Waals surface area contributed by atoms with Crippen LogP contribution in [-0.2, 0) is 4.79 Å². The molecule has 10 heteroatoms. The molecule has 0 aliphatic carbocycles. The molecule has 4 aromatic rings. The van der Waals surface area contributed by atoms with E-state index in [4.69, 9.17) is 11.6 Å². The summed E-state index contributed by atoms with van der Waals surface area (Å²) in [7, 11) is 0. The minimum atomic E-state index is -0.451. The summed E-state index contributed by atoms with van der Waals surface area (Å²) in [6, 6.07) is 14.9. The number of halogens is 1. The van der Waals surface area contributed by atoms with Crippen molar-refractivity contribution in [3.8, 4) is 5.69 Å². The quantitative estimate of drug-likeness (QED) is 0.414. The number of rotatable bonds is 7. The summed E-state index contributed by atoms with van der Waals surface area (Å²) in [6.07, 6.45) is 1.60. The van der Waals surface area contributed by atoms with Gasteiger partial charge in [0.2, 0.25) is 5.91 Å². The predicted molar refractivity (Wildman–Crippen MR) is 119 cm³/mol. The molecule has 2 aromatic carbocycles. The lowest BCUT2D eigenvalue weighted by molar-refractivity contribution is -0.119. The molecule has 2 heterocycles. The molecule has 1 atom stereocenters. The first-order valence-corrected chi connectivity index (χ1v) is 10.9. The first-order valence-electron chi connectivity index (χ1n) is 9.54. The van der Waals surface area contributed by atoms with Crippen LogP contribution in [-0.4, -0.2) is 41.6 Å². The molecule has 0 bridgehead atoms. The summed E-state index contributed by atoms with van der Waals surface area (Å²) in [5.74, 6) is 1.19. The zero-order chi connectivity index (χ0) is 21.8. The van der Waals surface area contributed by atoms with Gasteiger partial charge in [-0.1, -0.05) is 59.8 Å². The van der Waals surface area contributed by atoms with E-state index in [-0.39, 0.29) is 11.7 Å². The van der Waals surface area contributed by atoms with Crippen molar-refractivity contribution < 1.29 is 4.79 Å². The Balaban J connectivity index is 1.47. The molecule has 1 unspecified atom stereocenters. The van der Waals surface area contributed by atoms with Crippen molar-refractivity contribution in [2.24, 2.45) is 0 Å². The van der Waals surface area contributed by atoms with E-state index in [1.807, 2.05) is 62.4 Å². The zero-order valence-corrected chi connectivity index (χ0v) is 18.5. The number of thioether (sulfide) groups is 1. The molecule has 0 aliphatic rings. The number of carbonyl (C=O) groups is 1. The number of aryl methyl sites for hydroxylation is 2. The molecule has 0 aliphatic heterocycles. The number of amides is 1. The first kappa shape index (κ1) is 21.1. The fourth-order valence-corrected chi connectivity index (χ4v) is 3.91. The monoisotopic (exact) mass is 453 g/mol. The summed E-state index contributed by atoms with van der Waals surface area (Å²) < 4.78 is 1.80. The predicted octanol–water partition coefficient (Wildman–Crippen LogP) is 3.65. The Labute approximate surface area is 188 Å². The number of carbonyl (C=O) groups excluding carboxylic acids is 1. The SMILES string of the molecule is Cc1nc(C(NC(=O)CSc2nncn2-c2ccc(C)c(Cl)c2)c2ccccc2)n[nH]1. The van der Waals surface area contributed by atoms with Crippen molar-refractivity contribution in [3.63, 3.8) is 0 Å². The molecule has 0 saturated carbocycles. The van der Waals surface area contributed by atoms with E-state index in [1.54, 1.807) is 10.9 Å². The van der Waals surface area contributed by atoms with Crippen LogP contribution in [0.4, 0.5) is 0 Å². The number of nitrogens with zero attached hydrogens (tertiary/aromatic N) is 5. The third kappa shape index (κ3) is 4.95. The maximum atomic E-state index is 12.8. The van der Waals surface area contributed by atoms with Gasteiger partial charge in [-0.3, -0.25) is 14.5 Å². The van der Waals surface area contributed by atoms with E-state index in [2.05, 4.69) is 30.7 Å². The number of aromatic amines is 1. The number of hydrogen-bond acceptors (Lipinski definition) is 6. The smallest absolute Gasteiger partial charge is 0.231 e. The van der Waals surface area contributed by atoms with E-state index in [9.17, 15) is 4.79 Å². The highest BCUT2D eigenvalue weighted by atomic mass is 35.5. The van der Waals surface area contributed by atoms with Crippen molar-refractivity contribution in [2.45, 2.75) is 25.0 Å². The van der Waals surface area contributed by atoms with Gasteiger partial charge in [0.15, 0.2) is 11.0 Å². The molecule has 158 valence electrons. The second kappa shape index (κ2) is 9.32. The molecular formula is C21H20ClN7OS. The minimum absolute atomic E-state index is 0.158. The van der Waals surface area contributed by atoms with Crippen LogP contribution in [0.1, 0.15) is 28.8 Å². The topological polar surface area (TPSA) is 101 Å². The van der Waals surface area contributed by atoms with E-state index >= 15 is 0 Å². The summed E-state index contributed by atoms with van der Waals surface area (Å²) in [6.45, 7) is 3.76. The molecule has 1 amide bonds. The fraction of sp³-hybridized carbons (Fsp3) is 0.190. The van der Waals surface area contributed by atoms with Gasteiger partial charge in [-0.05, 0) is 37.1 Å². The van der Waals surface area contributed by atoms with Crippen LogP contribution in [0, 0.1) is 13.8 Å². The molecule has 0 saturated heterocycles. The minimum Gasteiger partial charge on any atom is -0.341 e. The molecule has 4 rings (SSSR count). The Morgan fingerprint density at radius 3 is 2.74 bits per heavy atom. The Morgan fingerprint density at radius 1 is 1.23 bits per heavy atom. The summed E-state index contributed by atoms with van der Waals surface area (Å²) in [4.78, 5) is 17.2. The highest BCUT2D eigenvalue weighted by Gasteiger charge is 2.21. The van der Waals surface area contributed by atoms with E-state index in [0.717, 1.165) is 16.8 Å². The van der Waals surface area contributed by atoms with E-state index in [0.29, 0.717) is 21.8 Å². The van der Waals surface area contributed by atoms with Crippen LogP contribution in [0.3, 0.4) is 0 Å². The summed E-state index contributed by atoms with van der Waals surface area (Å²) in [5.41, 5.74) is 2.72. The van der Waals surface area contributed by atoms with Gasteiger partial charge in [0.25, 0.3) is 0 Å². The van der Waals surface area contributed by atoms with E-state index < -0.39 is 6.04 Å². The number of nitrogens with one attached hydrogen (secondary N) is 2. The third-order valence-electron chi connectivity index (χ3n) is 4.59. The second-order valence-electron chi connectivity index (χ2n) is 6.90. The van der Waals surface area contributed by atoms with Gasteiger partial charge in [0.1, 0.15) is 18.2 Å². The van der Waals surface area contributed by atoms with E-state index in [1.165, 1.54) is 11.8 Å². The Hall–Kier alpha value is -3.17. The maximum absolute atomic E-state index is 12.8. The highest BCUT2D eigenvalue weighted by Crippen LogP contribution is 2.24. The molecule has 0 spiro atoms. The largest absolute Gasteiger partial charge is 0.341 e. The van der Waals surface area contributed by atoms with Gasteiger partial charge in [0.05, 0.1) is 11.4 Å². The van der Waals surface area contributed by atoms with Gasteiger partial charge >= 0.3 is 0 Å². The van der Waals surface area contributed by atoms with Crippen molar-refractivity contribution in [2.75, 3.05) is 5.75 Å². The molecular weight excluding hydrogens is 434 g/mol. The van der Waals surface area contributed by atoms with Crippen molar-refractivity contribution in [1.82, 2.24) is 35.3 Å². The van der Waals surface area contributed by atoms with Gasteiger partial charge in [-0.2, -0.15) is 5.10 Å². The highest BCUT2D eigenvalue weighted by molar-refractivity contribution is 7.99. The van der Waals surface area contributed by atoms with Crippen LogP contribution in [0.5, 0.6) is 0 Å². The van der Waals surface area contributed by atoms with Crippen molar-refractivity contribution in [3.05, 3.63) is 82.7 Å². The van der Waals surface area contributed by atoms with Crippen LogP contribution < -0.4 is 5.32 Å². The van der Waals surface area contributed by atoms with Crippen molar-refractivity contribution in [1.29, 1.82) is 0 Å². The first-order chi connectivity index (χ1) is 15.0. The van der Waals surface area contributed by atoms with Crippen LogP contribution in [0.25, 0.3) is 5.69 Å². The van der Waals surface area contributed by atoms with Gasteiger partial charge in [-0.15, -0.1) is 10.2 Å². The van der Waals surface area contributed by atoms with Crippen molar-refractivity contribution >= 4 is 29.3 Å². The summed E-state index contributed by atoms with van der Waals surface area (Å²) in [5, 5.41) is 19.5. The Kier molecular flexibility index (Phi) is 6.34. The zero-order valence-electron chi connectivity index (χ0n) is 16.9. The molecule has 2 aromatic heterocycles. The number of hydrogen-bond donors (Lipinski definition) is 2. The lowest BCUT2D eigenvalue weighted by atomic mass is 10.1.